The maximum atomic E-state index is 9.97. The minimum absolute atomic E-state index is 0.129. The van der Waals surface area contributed by atoms with Gasteiger partial charge in [-0.2, -0.15) is 5.43 Å². The normalized spacial score (nSPS) is 11.4. The highest BCUT2D eigenvalue weighted by atomic mass is 16.6. The van der Waals surface area contributed by atoms with Gasteiger partial charge in [0.15, 0.2) is 0 Å². The highest BCUT2D eigenvalue weighted by molar-refractivity contribution is 4.32. The largest absolute Gasteiger partial charge is 0.568 e. The molecule has 0 aromatic heterocycles. The van der Waals surface area contributed by atoms with Gasteiger partial charge in [0.05, 0.1) is 4.97 Å². The van der Waals surface area contributed by atoms with Crippen molar-refractivity contribution >= 4 is 0 Å². The molecule has 0 aliphatic carbocycles. The van der Waals surface area contributed by atoms with Crippen LogP contribution in [0.5, 0.6) is 0 Å². The van der Waals surface area contributed by atoms with Crippen molar-refractivity contribution in [3.63, 3.8) is 0 Å². The highest BCUT2D eigenvalue weighted by Crippen LogP contribution is 1.57. The Labute approximate surface area is 51.6 Å². The van der Waals surface area contributed by atoms with E-state index in [1.807, 2.05) is 5.53 Å². The van der Waals surface area contributed by atoms with Gasteiger partial charge in [-0.3, -0.25) is 0 Å². The Hall–Kier alpha value is -1.08. The summed E-state index contributed by atoms with van der Waals surface area (Å²) in [6.07, 6.45) is 0. The van der Waals surface area contributed by atoms with E-state index >= 15 is 0 Å². The van der Waals surface area contributed by atoms with Gasteiger partial charge in [0.25, 0.3) is 0 Å². The third-order valence-corrected chi connectivity index (χ3v) is 0.525. The predicted octanol–water partition coefficient (Wildman–Crippen LogP) is -1.69. The molecule has 0 bridgehead atoms. The first kappa shape index (κ1) is 7.92. The summed E-state index contributed by atoms with van der Waals surface area (Å²) in [5, 5.41) is 19.9. The lowest BCUT2D eigenvalue weighted by molar-refractivity contribution is -0.620. The van der Waals surface area contributed by atoms with Crippen molar-refractivity contribution in [1.29, 1.82) is 0 Å². The molecule has 0 spiro atoms. The van der Waals surface area contributed by atoms with Crippen LogP contribution in [0.4, 0.5) is 0 Å². The third-order valence-electron chi connectivity index (χ3n) is 0.525. The van der Waals surface area contributed by atoms with Gasteiger partial charge in [0.1, 0.15) is 0 Å². The second-order valence-corrected chi connectivity index (χ2v) is 1.19. The topological polar surface area (TPSA) is 109 Å². The lowest BCUT2D eigenvalue weighted by Crippen LogP contribution is -2.40. The maximum absolute atomic E-state index is 9.97. The summed E-state index contributed by atoms with van der Waals surface area (Å²) in [7, 11) is 0. The Morgan fingerprint density at radius 1 is 1.78 bits per heavy atom. The second-order valence-electron chi connectivity index (χ2n) is 1.19. The number of hydrogen-bond donors (Lipinski definition) is 4. The van der Waals surface area contributed by atoms with E-state index < -0.39 is 0 Å². The Balaban J connectivity index is 3.07. The van der Waals surface area contributed by atoms with E-state index in [0.29, 0.717) is 13.1 Å². The van der Waals surface area contributed by atoms with Gasteiger partial charge in [-0.15, -0.1) is 0 Å². The summed E-state index contributed by atoms with van der Waals surface area (Å²) in [4.78, 5) is -0.129. The van der Waals surface area contributed by atoms with Crippen LogP contribution in [0.3, 0.4) is 0 Å². The number of nitrogens with two attached hydrogens (primary N) is 1. The number of hydrogen-bond acceptors (Lipinski definition) is 4. The monoisotopic (exact) mass is 135 g/mol. The van der Waals surface area contributed by atoms with Crippen LogP contribution in [0.2, 0.25) is 0 Å². The molecule has 54 valence electrons. The summed E-state index contributed by atoms with van der Waals surface area (Å²) in [6, 6.07) is 0. The molecule has 7 nitrogen and oxygen atoms in total. The zero-order chi connectivity index (χ0) is 7.11. The quantitative estimate of drug-likeness (QED) is 0.159. The fraction of sp³-hybridized carbons (Fsp3) is 1.00. The van der Waals surface area contributed by atoms with E-state index in [4.69, 9.17) is 10.9 Å². The smallest absolute Gasteiger partial charge is 0.231 e. The average molecular weight is 135 g/mol. The predicted molar refractivity (Wildman–Crippen MR) is 28.0 cm³/mol. The first-order chi connectivity index (χ1) is 4.31. The summed E-state index contributed by atoms with van der Waals surface area (Å²) in [5.74, 6) is 0. The maximum Gasteiger partial charge on any atom is 0.231 e. The van der Waals surface area contributed by atoms with Crippen molar-refractivity contribution < 1.29 is 10.2 Å². The standard InChI is InChI=1S/C2H9N5O2/c3-1-2-4-5-7(9)6-8/h4,8H,1-3H2,(H,5,6). The Morgan fingerprint density at radius 2 is 2.44 bits per heavy atom. The minimum Gasteiger partial charge on any atom is -0.568 e. The van der Waals surface area contributed by atoms with Gasteiger partial charge < -0.3 is 16.1 Å². The number of rotatable bonds is 4. The van der Waals surface area contributed by atoms with Crippen LogP contribution in [0.15, 0.2) is 5.28 Å². The molecule has 0 atom stereocenters. The van der Waals surface area contributed by atoms with Crippen molar-refractivity contribution in [3.05, 3.63) is 5.21 Å². The van der Waals surface area contributed by atoms with Crippen LogP contribution < -0.4 is 16.7 Å². The van der Waals surface area contributed by atoms with Crippen molar-refractivity contribution in [3.8, 4) is 0 Å². The molecule has 0 heterocycles. The van der Waals surface area contributed by atoms with Crippen molar-refractivity contribution in [2.24, 2.45) is 11.0 Å². The van der Waals surface area contributed by atoms with Crippen molar-refractivity contribution in [1.82, 2.24) is 11.0 Å². The van der Waals surface area contributed by atoms with Gasteiger partial charge in [0, 0.05) is 13.1 Å². The Kier molecular flexibility index (Phi) is 4.46. The zero-order valence-corrected chi connectivity index (χ0v) is 4.74. The Bertz CT molecular complexity index is 93.0. The molecular formula is C2H9N5O2. The van der Waals surface area contributed by atoms with Gasteiger partial charge in [-0.1, -0.05) is 5.53 Å². The SMILES string of the molecule is NCCNN/[N+]([O-])=N\O. The molecule has 0 saturated heterocycles. The highest BCUT2D eigenvalue weighted by Gasteiger charge is 1.86. The molecule has 0 amide bonds. The molecular weight excluding hydrogens is 126 g/mol. The van der Waals surface area contributed by atoms with E-state index in [0.717, 1.165) is 0 Å². The van der Waals surface area contributed by atoms with E-state index in [9.17, 15) is 5.21 Å². The van der Waals surface area contributed by atoms with Gasteiger partial charge in [0.2, 0.25) is 5.28 Å². The van der Waals surface area contributed by atoms with Crippen molar-refractivity contribution in [2.45, 2.75) is 0 Å². The Morgan fingerprint density at radius 3 is 2.89 bits per heavy atom. The van der Waals surface area contributed by atoms with E-state index in [-0.39, 0.29) is 4.97 Å². The molecule has 0 radical (unpaired) electrons. The molecule has 5 N–H and O–H groups in total. The van der Waals surface area contributed by atoms with Crippen LogP contribution in [0.25, 0.3) is 0 Å². The van der Waals surface area contributed by atoms with E-state index in [1.165, 1.54) is 0 Å². The first-order valence-electron chi connectivity index (χ1n) is 2.32. The van der Waals surface area contributed by atoms with Gasteiger partial charge in [-0.05, 0) is 0 Å². The zero-order valence-electron chi connectivity index (χ0n) is 4.74. The summed E-state index contributed by atoms with van der Waals surface area (Å²) in [6.45, 7) is 0.820. The van der Waals surface area contributed by atoms with Gasteiger partial charge in [-0.25, -0.2) is 0 Å². The molecule has 0 aliphatic rings. The number of nitrogens with zero attached hydrogens (tertiary/aromatic N) is 2. The molecule has 7 heteroatoms. The van der Waals surface area contributed by atoms with Crippen LogP contribution in [-0.2, 0) is 0 Å². The van der Waals surface area contributed by atoms with Gasteiger partial charge >= 0.3 is 0 Å². The minimum atomic E-state index is -0.129. The third kappa shape index (κ3) is 4.78. The van der Waals surface area contributed by atoms with Crippen molar-refractivity contribution in [2.75, 3.05) is 13.1 Å². The molecule has 9 heavy (non-hydrogen) atoms. The fourth-order valence-electron chi connectivity index (χ4n) is 0.218. The molecule has 0 saturated carbocycles. The fourth-order valence-corrected chi connectivity index (χ4v) is 0.218. The molecule has 0 aromatic carbocycles. The van der Waals surface area contributed by atoms with Crippen LogP contribution >= 0.6 is 0 Å². The van der Waals surface area contributed by atoms with Crippen LogP contribution in [0.1, 0.15) is 0 Å². The molecule has 0 rings (SSSR count). The van der Waals surface area contributed by atoms with E-state index in [1.54, 1.807) is 0 Å². The molecule has 0 aromatic rings. The average Bonchev–Trinajstić information content (AvgIpc) is 1.89. The molecule has 0 fully saturated rings. The summed E-state index contributed by atoms with van der Waals surface area (Å²) in [5.41, 5.74) is 9.37. The van der Waals surface area contributed by atoms with E-state index in [2.05, 4.69) is 10.7 Å². The lowest BCUT2D eigenvalue weighted by Gasteiger charge is -1.99. The molecule has 0 aliphatic heterocycles. The van der Waals surface area contributed by atoms with Crippen LogP contribution in [0, 0.1) is 5.21 Å². The number of nitrogens with one attached hydrogen (secondary N) is 2. The second kappa shape index (κ2) is 5.06. The summed E-state index contributed by atoms with van der Waals surface area (Å²) < 4.78 is 0. The lowest BCUT2D eigenvalue weighted by atomic mass is 10.7. The first-order valence-corrected chi connectivity index (χ1v) is 2.32. The molecule has 0 unspecified atom stereocenters. The summed E-state index contributed by atoms with van der Waals surface area (Å²) >= 11 is 0. The van der Waals surface area contributed by atoms with Crippen LogP contribution in [-0.4, -0.2) is 23.3 Å². The number of hydrazine groups is 2.